The summed E-state index contributed by atoms with van der Waals surface area (Å²) in [6, 6.07) is 7.20. The van der Waals surface area contributed by atoms with Crippen molar-refractivity contribution in [1.29, 1.82) is 0 Å². The van der Waals surface area contributed by atoms with Crippen molar-refractivity contribution in [3.8, 4) is 5.75 Å². The van der Waals surface area contributed by atoms with Crippen LogP contribution in [0.3, 0.4) is 0 Å². The number of hydrogen-bond donors (Lipinski definition) is 2. The molecule has 0 aliphatic carbocycles. The minimum absolute atomic E-state index is 0.118. The van der Waals surface area contributed by atoms with Crippen molar-refractivity contribution in [2.24, 2.45) is 5.73 Å². The zero-order chi connectivity index (χ0) is 14.4. The average molecular weight is 280 g/mol. The third kappa shape index (κ3) is 4.87. The quantitative estimate of drug-likeness (QED) is 0.782. The maximum Gasteiger partial charge on any atom is 0.260 e. The number of ether oxygens (including phenoxy) is 1. The van der Waals surface area contributed by atoms with Crippen molar-refractivity contribution in [3.63, 3.8) is 0 Å². The van der Waals surface area contributed by atoms with E-state index in [1.54, 1.807) is 31.2 Å². The van der Waals surface area contributed by atoms with Crippen molar-refractivity contribution >= 4 is 23.1 Å². The van der Waals surface area contributed by atoms with Crippen LogP contribution in [0.25, 0.3) is 0 Å². The highest BCUT2D eigenvalue weighted by atomic mass is 32.1. The van der Waals surface area contributed by atoms with E-state index in [4.69, 9.17) is 22.7 Å². The van der Waals surface area contributed by atoms with E-state index in [1.165, 1.54) is 0 Å². The van der Waals surface area contributed by atoms with E-state index in [9.17, 15) is 4.79 Å². The normalized spacial score (nSPS) is 13.4. The van der Waals surface area contributed by atoms with Gasteiger partial charge in [-0.2, -0.15) is 0 Å². The van der Waals surface area contributed by atoms with E-state index < -0.39 is 6.10 Å². The largest absolute Gasteiger partial charge is 0.481 e. The fraction of sp³-hybridized carbons (Fsp3) is 0.429. The smallest absolute Gasteiger partial charge is 0.260 e. The highest BCUT2D eigenvalue weighted by molar-refractivity contribution is 7.80. The fourth-order valence-corrected chi connectivity index (χ4v) is 1.55. The van der Waals surface area contributed by atoms with E-state index >= 15 is 0 Å². The highest BCUT2D eigenvalue weighted by Gasteiger charge is 2.16. The maximum absolute atomic E-state index is 11.8. The van der Waals surface area contributed by atoms with Gasteiger partial charge in [-0.15, -0.1) is 0 Å². The molecule has 0 heterocycles. The summed E-state index contributed by atoms with van der Waals surface area (Å²) < 4.78 is 5.56. The molecular weight excluding hydrogens is 260 g/mol. The Balaban J connectivity index is 2.58. The summed E-state index contributed by atoms with van der Waals surface area (Å²) in [6.07, 6.45) is 0.353. The van der Waals surface area contributed by atoms with Crippen LogP contribution in [-0.4, -0.2) is 23.0 Å². The number of amides is 1. The fourth-order valence-electron chi connectivity index (χ4n) is 1.42. The van der Waals surface area contributed by atoms with E-state index in [-0.39, 0.29) is 11.9 Å². The first kappa shape index (κ1) is 15.4. The predicted molar refractivity (Wildman–Crippen MR) is 80.3 cm³/mol. The molecule has 4 nitrogen and oxygen atoms in total. The Labute approximate surface area is 119 Å². The number of nitrogens with one attached hydrogen (secondary N) is 1. The van der Waals surface area contributed by atoms with Gasteiger partial charge in [-0.1, -0.05) is 19.1 Å². The first-order chi connectivity index (χ1) is 8.93. The van der Waals surface area contributed by atoms with Crippen molar-refractivity contribution in [2.45, 2.75) is 39.3 Å². The molecule has 0 saturated carbocycles. The molecule has 0 spiro atoms. The lowest BCUT2D eigenvalue weighted by molar-refractivity contribution is -0.127. The minimum atomic E-state index is -0.537. The lowest BCUT2D eigenvalue weighted by Crippen LogP contribution is -2.40. The topological polar surface area (TPSA) is 64.3 Å². The molecule has 0 saturated heterocycles. The molecule has 2 unspecified atom stereocenters. The maximum atomic E-state index is 11.8. The molecule has 19 heavy (non-hydrogen) atoms. The third-order valence-corrected chi connectivity index (χ3v) is 3.06. The van der Waals surface area contributed by atoms with Gasteiger partial charge in [0.25, 0.3) is 5.91 Å². The van der Waals surface area contributed by atoms with Crippen LogP contribution in [0.1, 0.15) is 32.8 Å². The molecule has 0 aliphatic heterocycles. The van der Waals surface area contributed by atoms with Crippen LogP contribution in [-0.2, 0) is 4.79 Å². The van der Waals surface area contributed by atoms with Gasteiger partial charge < -0.3 is 15.8 Å². The van der Waals surface area contributed by atoms with Crippen LogP contribution in [0, 0.1) is 0 Å². The Hall–Kier alpha value is -1.62. The number of thiocarbonyl (C=S) groups is 1. The Morgan fingerprint density at radius 2 is 1.95 bits per heavy atom. The molecule has 0 aromatic heterocycles. The zero-order valence-electron chi connectivity index (χ0n) is 11.5. The second-order valence-corrected chi connectivity index (χ2v) is 4.91. The summed E-state index contributed by atoms with van der Waals surface area (Å²) in [6.45, 7) is 5.70. The number of carbonyl (C=O) groups excluding carboxylic acids is 1. The summed E-state index contributed by atoms with van der Waals surface area (Å²) in [4.78, 5) is 12.2. The lowest BCUT2D eigenvalue weighted by atomic mass is 10.2. The molecule has 2 atom stereocenters. The molecule has 5 heteroatoms. The van der Waals surface area contributed by atoms with E-state index in [2.05, 4.69) is 5.32 Å². The van der Waals surface area contributed by atoms with Crippen LogP contribution in [0.2, 0.25) is 0 Å². The summed E-state index contributed by atoms with van der Waals surface area (Å²) in [5, 5.41) is 2.87. The van der Waals surface area contributed by atoms with Gasteiger partial charge in [0.1, 0.15) is 10.7 Å². The Morgan fingerprint density at radius 3 is 2.42 bits per heavy atom. The number of rotatable bonds is 6. The number of nitrogens with two attached hydrogens (primary N) is 1. The molecule has 1 aromatic rings. The van der Waals surface area contributed by atoms with Gasteiger partial charge in [0, 0.05) is 11.6 Å². The van der Waals surface area contributed by atoms with Crippen molar-refractivity contribution in [2.75, 3.05) is 0 Å². The second-order valence-electron chi connectivity index (χ2n) is 4.47. The van der Waals surface area contributed by atoms with Crippen LogP contribution in [0.15, 0.2) is 24.3 Å². The van der Waals surface area contributed by atoms with Gasteiger partial charge in [0.2, 0.25) is 0 Å². The van der Waals surface area contributed by atoms with Crippen molar-refractivity contribution in [3.05, 3.63) is 29.8 Å². The number of benzene rings is 1. The van der Waals surface area contributed by atoms with Gasteiger partial charge in [-0.05, 0) is 44.5 Å². The van der Waals surface area contributed by atoms with Crippen LogP contribution < -0.4 is 15.8 Å². The molecule has 3 N–H and O–H groups in total. The van der Waals surface area contributed by atoms with Gasteiger partial charge in [-0.25, -0.2) is 0 Å². The van der Waals surface area contributed by atoms with Gasteiger partial charge in [0.05, 0.1) is 0 Å². The van der Waals surface area contributed by atoms with Crippen LogP contribution in [0.4, 0.5) is 0 Å². The standard InChI is InChI=1S/C14H20N2O2S/c1-4-9(2)16-14(17)10(3)18-12-7-5-11(6-8-12)13(15)19/h5-10H,4H2,1-3H3,(H2,15,19)(H,16,17). The molecule has 0 fully saturated rings. The first-order valence-corrected chi connectivity index (χ1v) is 6.71. The summed E-state index contributed by atoms with van der Waals surface area (Å²) in [7, 11) is 0. The van der Waals surface area contributed by atoms with Gasteiger partial charge in [-0.3, -0.25) is 4.79 Å². The molecular formula is C14H20N2O2S. The number of hydrogen-bond acceptors (Lipinski definition) is 3. The Bertz CT molecular complexity index is 445. The summed E-state index contributed by atoms with van der Waals surface area (Å²) in [5.74, 6) is 0.500. The third-order valence-electron chi connectivity index (χ3n) is 2.82. The molecule has 1 amide bonds. The van der Waals surface area contributed by atoms with Gasteiger partial charge >= 0.3 is 0 Å². The van der Waals surface area contributed by atoms with Crippen molar-refractivity contribution in [1.82, 2.24) is 5.32 Å². The monoisotopic (exact) mass is 280 g/mol. The Morgan fingerprint density at radius 1 is 1.37 bits per heavy atom. The van der Waals surface area contributed by atoms with Crippen molar-refractivity contribution < 1.29 is 9.53 Å². The second kappa shape index (κ2) is 7.09. The Kier molecular flexibility index (Phi) is 5.76. The molecule has 1 rings (SSSR count). The van der Waals surface area contributed by atoms with Crippen LogP contribution >= 0.6 is 12.2 Å². The molecule has 1 aromatic carbocycles. The summed E-state index contributed by atoms with van der Waals surface area (Å²) in [5.41, 5.74) is 6.29. The van der Waals surface area contributed by atoms with E-state index in [1.807, 2.05) is 13.8 Å². The molecule has 0 aliphatic rings. The SMILES string of the molecule is CCC(C)NC(=O)C(C)Oc1ccc(C(N)=S)cc1. The molecule has 0 bridgehead atoms. The molecule has 0 radical (unpaired) electrons. The summed E-state index contributed by atoms with van der Waals surface area (Å²) >= 11 is 4.87. The average Bonchev–Trinajstić information content (AvgIpc) is 2.38. The minimum Gasteiger partial charge on any atom is -0.481 e. The lowest BCUT2D eigenvalue weighted by Gasteiger charge is -2.17. The predicted octanol–water partition coefficient (Wildman–Crippen LogP) is 2.00. The number of carbonyl (C=O) groups is 1. The van der Waals surface area contributed by atoms with Gasteiger partial charge in [0.15, 0.2) is 6.10 Å². The van der Waals surface area contributed by atoms with Crippen LogP contribution in [0.5, 0.6) is 5.75 Å². The van der Waals surface area contributed by atoms with E-state index in [0.29, 0.717) is 10.7 Å². The molecule has 104 valence electrons. The highest BCUT2D eigenvalue weighted by Crippen LogP contribution is 2.14. The first-order valence-electron chi connectivity index (χ1n) is 6.31. The zero-order valence-corrected chi connectivity index (χ0v) is 12.3. The van der Waals surface area contributed by atoms with E-state index in [0.717, 1.165) is 12.0 Å².